The summed E-state index contributed by atoms with van der Waals surface area (Å²) in [5.41, 5.74) is 4.08. The normalized spacial score (nSPS) is 20.5. The van der Waals surface area contributed by atoms with Crippen LogP contribution in [-0.4, -0.2) is 24.1 Å². The predicted octanol–water partition coefficient (Wildman–Crippen LogP) is 5.66. The number of Topliss-reactive ketones (excluding diaryl/α,β-unsaturated/α-hetero) is 1. The van der Waals surface area contributed by atoms with Crippen LogP contribution in [0.25, 0.3) is 0 Å². The van der Waals surface area contributed by atoms with Gasteiger partial charge in [-0.2, -0.15) is 0 Å². The Kier molecular flexibility index (Phi) is 6.75. The van der Waals surface area contributed by atoms with Gasteiger partial charge in [0, 0.05) is 34.3 Å². The average molecular weight is 452 g/mol. The van der Waals surface area contributed by atoms with Crippen molar-refractivity contribution in [3.8, 4) is 5.75 Å². The van der Waals surface area contributed by atoms with Crippen molar-refractivity contribution < 1.29 is 19.1 Å². The van der Waals surface area contributed by atoms with Crippen LogP contribution in [0.2, 0.25) is 5.02 Å². The summed E-state index contributed by atoms with van der Waals surface area (Å²) in [7, 11) is 0. The molecule has 0 saturated heterocycles. The van der Waals surface area contributed by atoms with Crippen LogP contribution in [0.5, 0.6) is 5.75 Å². The Hall–Kier alpha value is -2.92. The number of allylic oxidation sites excluding steroid dienone is 2. The van der Waals surface area contributed by atoms with Crippen molar-refractivity contribution in [2.45, 2.75) is 45.6 Å². The molecule has 0 fully saturated rings. The monoisotopic (exact) mass is 451 g/mol. The van der Waals surface area contributed by atoms with Crippen LogP contribution in [0.15, 0.2) is 64.8 Å². The first kappa shape index (κ1) is 22.3. The van der Waals surface area contributed by atoms with E-state index >= 15 is 0 Å². The van der Waals surface area contributed by atoms with Gasteiger partial charge in [0.1, 0.15) is 18.3 Å². The first-order chi connectivity index (χ1) is 15.5. The van der Waals surface area contributed by atoms with E-state index in [0.717, 1.165) is 29.7 Å². The van der Waals surface area contributed by atoms with Crippen molar-refractivity contribution in [2.24, 2.45) is 10.9 Å². The summed E-state index contributed by atoms with van der Waals surface area (Å²) in [5.74, 6) is -0.547. The van der Waals surface area contributed by atoms with E-state index < -0.39 is 5.92 Å². The minimum atomic E-state index is -0.600. The number of hydrogen-bond acceptors (Lipinski definition) is 5. The summed E-state index contributed by atoms with van der Waals surface area (Å²) in [6, 6.07) is 15.1. The molecular formula is C26H26ClNO4. The van der Waals surface area contributed by atoms with E-state index in [4.69, 9.17) is 21.1 Å². The average Bonchev–Trinajstić information content (AvgIpc) is 2.78. The lowest BCUT2D eigenvalue weighted by Gasteiger charge is -2.34. The van der Waals surface area contributed by atoms with Crippen LogP contribution >= 0.6 is 11.6 Å². The number of nitrogens with zero attached hydrogens (tertiary/aromatic N) is 1. The van der Waals surface area contributed by atoms with E-state index in [1.807, 2.05) is 55.5 Å². The maximum atomic E-state index is 12.9. The highest BCUT2D eigenvalue weighted by molar-refractivity contribution is 6.30. The topological polar surface area (TPSA) is 65.0 Å². The lowest BCUT2D eigenvalue weighted by molar-refractivity contribution is -0.146. The highest BCUT2D eigenvalue weighted by Crippen LogP contribution is 2.43. The molecule has 5 nitrogen and oxygen atoms in total. The number of ether oxygens (including phenoxy) is 2. The number of carbonyl (C=O) groups excluding carboxylic acids is 2. The van der Waals surface area contributed by atoms with E-state index in [-0.39, 0.29) is 24.3 Å². The molecule has 1 aliphatic heterocycles. The SMILES string of the molecule is CCOC(=O)C1C(C)=NC2=C(C(=O)CCC2)[C@H]1c1ccc(OCc2ccc(Cl)cc2)cc1. The third kappa shape index (κ3) is 4.63. The molecule has 0 saturated carbocycles. The van der Waals surface area contributed by atoms with Gasteiger partial charge >= 0.3 is 5.97 Å². The third-order valence-corrected chi connectivity index (χ3v) is 6.18. The highest BCUT2D eigenvalue weighted by atomic mass is 35.5. The number of aliphatic imine (C=N–C) groups is 1. The molecule has 0 bridgehead atoms. The zero-order chi connectivity index (χ0) is 22.7. The highest BCUT2D eigenvalue weighted by Gasteiger charge is 2.43. The number of rotatable bonds is 6. The van der Waals surface area contributed by atoms with Gasteiger partial charge in [-0.25, -0.2) is 0 Å². The van der Waals surface area contributed by atoms with Crippen molar-refractivity contribution in [2.75, 3.05) is 6.61 Å². The maximum Gasteiger partial charge on any atom is 0.315 e. The lowest BCUT2D eigenvalue weighted by atomic mass is 9.72. The van der Waals surface area contributed by atoms with Gasteiger partial charge < -0.3 is 9.47 Å². The Bertz CT molecular complexity index is 1070. The van der Waals surface area contributed by atoms with E-state index in [2.05, 4.69) is 4.99 Å². The van der Waals surface area contributed by atoms with E-state index in [9.17, 15) is 9.59 Å². The first-order valence-corrected chi connectivity index (χ1v) is 11.3. The second-order valence-corrected chi connectivity index (χ2v) is 8.52. The van der Waals surface area contributed by atoms with Crippen LogP contribution in [-0.2, 0) is 20.9 Å². The molecule has 166 valence electrons. The molecule has 0 spiro atoms. The summed E-state index contributed by atoms with van der Waals surface area (Å²) in [5, 5.41) is 0.687. The summed E-state index contributed by atoms with van der Waals surface area (Å²) >= 11 is 5.93. The molecule has 6 heteroatoms. The maximum absolute atomic E-state index is 12.9. The number of benzene rings is 2. The fourth-order valence-electron chi connectivity index (χ4n) is 4.42. The standard InChI is InChI=1S/C26H26ClNO4/c1-3-31-26(30)23-16(2)28-21-5-4-6-22(29)25(21)24(23)18-9-13-20(14-10-18)32-15-17-7-11-19(27)12-8-17/h7-14,23-24H,3-6,15H2,1-2H3/t23?,24-/m0/s1. The minimum absolute atomic E-state index is 0.0739. The van der Waals surface area contributed by atoms with Gasteiger partial charge in [-0.15, -0.1) is 0 Å². The van der Waals surface area contributed by atoms with E-state index in [0.29, 0.717) is 35.1 Å². The Morgan fingerprint density at radius 1 is 1.09 bits per heavy atom. The first-order valence-electron chi connectivity index (χ1n) is 10.9. The number of ketones is 1. The fraction of sp³-hybridized carbons (Fsp3) is 0.346. The van der Waals surface area contributed by atoms with Crippen LogP contribution in [0.1, 0.15) is 50.2 Å². The van der Waals surface area contributed by atoms with Gasteiger partial charge in [-0.3, -0.25) is 14.6 Å². The van der Waals surface area contributed by atoms with Crippen molar-refractivity contribution >= 4 is 29.1 Å². The van der Waals surface area contributed by atoms with Gasteiger partial charge in [-0.1, -0.05) is 35.9 Å². The number of esters is 1. The molecule has 1 aliphatic carbocycles. The molecule has 4 rings (SSSR count). The summed E-state index contributed by atoms with van der Waals surface area (Å²) in [6.45, 7) is 4.34. The Labute approximate surface area is 193 Å². The van der Waals surface area contributed by atoms with Crippen molar-refractivity contribution in [3.63, 3.8) is 0 Å². The van der Waals surface area contributed by atoms with Gasteiger partial charge in [0.05, 0.1) is 6.61 Å². The summed E-state index contributed by atoms with van der Waals surface area (Å²) in [4.78, 5) is 30.4. The molecule has 0 aromatic heterocycles. The van der Waals surface area contributed by atoms with Crippen molar-refractivity contribution in [1.82, 2.24) is 0 Å². The molecule has 2 aliphatic rings. The molecule has 32 heavy (non-hydrogen) atoms. The second-order valence-electron chi connectivity index (χ2n) is 8.08. The van der Waals surface area contributed by atoms with Crippen molar-refractivity contribution in [1.29, 1.82) is 0 Å². The molecule has 1 heterocycles. The van der Waals surface area contributed by atoms with Gasteiger partial charge in [-0.05, 0) is 62.1 Å². The third-order valence-electron chi connectivity index (χ3n) is 5.93. The smallest absolute Gasteiger partial charge is 0.315 e. The Morgan fingerprint density at radius 3 is 2.50 bits per heavy atom. The van der Waals surface area contributed by atoms with Crippen LogP contribution in [0.3, 0.4) is 0 Å². The largest absolute Gasteiger partial charge is 0.489 e. The summed E-state index contributed by atoms with van der Waals surface area (Å²) in [6.07, 6.45) is 2.04. The minimum Gasteiger partial charge on any atom is -0.489 e. The van der Waals surface area contributed by atoms with Crippen LogP contribution in [0, 0.1) is 5.92 Å². The molecule has 0 amide bonds. The quantitative estimate of drug-likeness (QED) is 0.531. The number of hydrogen-bond donors (Lipinski definition) is 0. The molecular weight excluding hydrogens is 426 g/mol. The van der Waals surface area contributed by atoms with E-state index in [1.54, 1.807) is 6.92 Å². The van der Waals surface area contributed by atoms with Crippen LogP contribution < -0.4 is 4.74 Å². The van der Waals surface area contributed by atoms with E-state index in [1.165, 1.54) is 0 Å². The Morgan fingerprint density at radius 2 is 1.81 bits per heavy atom. The van der Waals surface area contributed by atoms with Gasteiger partial charge in [0.15, 0.2) is 5.78 Å². The molecule has 0 radical (unpaired) electrons. The van der Waals surface area contributed by atoms with Crippen LogP contribution in [0.4, 0.5) is 0 Å². The molecule has 2 aromatic carbocycles. The zero-order valence-electron chi connectivity index (χ0n) is 18.3. The molecule has 1 unspecified atom stereocenters. The molecule has 2 atom stereocenters. The second kappa shape index (κ2) is 9.70. The fourth-order valence-corrected chi connectivity index (χ4v) is 4.55. The van der Waals surface area contributed by atoms with Crippen molar-refractivity contribution in [3.05, 3.63) is 76.0 Å². The molecule has 0 N–H and O–H groups in total. The van der Waals surface area contributed by atoms with Gasteiger partial charge in [0.25, 0.3) is 0 Å². The molecule has 2 aromatic rings. The predicted molar refractivity (Wildman–Crippen MR) is 124 cm³/mol. The zero-order valence-corrected chi connectivity index (χ0v) is 19.0. The summed E-state index contributed by atoms with van der Waals surface area (Å²) < 4.78 is 11.2. The van der Waals surface area contributed by atoms with Gasteiger partial charge in [0.2, 0.25) is 0 Å². The number of carbonyl (C=O) groups is 2. The lowest BCUT2D eigenvalue weighted by Crippen LogP contribution is -2.37. The number of halogens is 1. The Balaban J connectivity index is 1.61.